The first kappa shape index (κ1) is 17.0. The van der Waals surface area contributed by atoms with Crippen LogP contribution in [0, 0.1) is 0 Å². The van der Waals surface area contributed by atoms with Crippen molar-refractivity contribution in [2.24, 2.45) is 0 Å². The van der Waals surface area contributed by atoms with Crippen molar-refractivity contribution in [1.82, 2.24) is 14.5 Å². The number of ketones is 1. The Kier molecular flexibility index (Phi) is 3.71. The Labute approximate surface area is 171 Å². The molecule has 0 atom stereocenters. The van der Waals surface area contributed by atoms with Gasteiger partial charge in [0.25, 0.3) is 0 Å². The van der Waals surface area contributed by atoms with E-state index in [1.165, 1.54) is 0 Å². The second-order valence-electron chi connectivity index (χ2n) is 7.27. The summed E-state index contributed by atoms with van der Waals surface area (Å²) >= 11 is 0. The molecule has 0 aliphatic carbocycles. The molecule has 0 unspecified atom stereocenters. The average Bonchev–Trinajstić information content (AvgIpc) is 3.10. The monoisotopic (exact) mass is 395 g/mol. The summed E-state index contributed by atoms with van der Waals surface area (Å²) in [7, 11) is 0. The molecule has 6 rings (SSSR count). The van der Waals surface area contributed by atoms with Crippen LogP contribution in [0.3, 0.4) is 0 Å². The lowest BCUT2D eigenvalue weighted by Gasteiger charge is -2.18. The van der Waals surface area contributed by atoms with Gasteiger partial charge in [-0.15, -0.1) is 0 Å². The van der Waals surface area contributed by atoms with Gasteiger partial charge in [0.05, 0.1) is 23.1 Å². The Morgan fingerprint density at radius 2 is 1.60 bits per heavy atom. The van der Waals surface area contributed by atoms with E-state index in [-0.39, 0.29) is 12.3 Å². The molecule has 1 aliphatic rings. The van der Waals surface area contributed by atoms with Crippen LogP contribution in [0.25, 0.3) is 33.1 Å². The van der Waals surface area contributed by atoms with Gasteiger partial charge in [-0.3, -0.25) is 4.79 Å². The number of hydrogen-bond acceptors (Lipinski definition) is 5. The number of fused-ring (bicyclic) bond motifs is 5. The summed E-state index contributed by atoms with van der Waals surface area (Å²) in [4.78, 5) is 22.9. The smallest absolute Gasteiger partial charge is 0.182 e. The summed E-state index contributed by atoms with van der Waals surface area (Å²) in [6.45, 7) is 1.17. The normalized spacial score (nSPS) is 13.2. The van der Waals surface area contributed by atoms with Crippen LogP contribution in [0.1, 0.15) is 10.4 Å². The van der Waals surface area contributed by atoms with Crippen molar-refractivity contribution in [2.45, 2.75) is 6.54 Å². The molecule has 0 N–H and O–H groups in total. The highest BCUT2D eigenvalue weighted by Gasteiger charge is 2.19. The van der Waals surface area contributed by atoms with Gasteiger partial charge < -0.3 is 14.0 Å². The Balaban J connectivity index is 1.49. The zero-order chi connectivity index (χ0) is 20.1. The lowest BCUT2D eigenvalue weighted by Crippen LogP contribution is -2.16. The van der Waals surface area contributed by atoms with Crippen LogP contribution in [0.15, 0.2) is 66.7 Å². The van der Waals surface area contributed by atoms with Crippen molar-refractivity contribution in [3.8, 4) is 11.5 Å². The number of rotatable bonds is 3. The molecule has 0 spiro atoms. The molecule has 30 heavy (non-hydrogen) atoms. The summed E-state index contributed by atoms with van der Waals surface area (Å²) in [6, 6.07) is 21.1. The van der Waals surface area contributed by atoms with Crippen molar-refractivity contribution in [3.05, 3.63) is 72.3 Å². The summed E-state index contributed by atoms with van der Waals surface area (Å²) in [5.74, 6) is 1.26. The number of aromatic nitrogens is 3. The van der Waals surface area contributed by atoms with Crippen molar-refractivity contribution < 1.29 is 14.3 Å². The topological polar surface area (TPSA) is 66.2 Å². The van der Waals surface area contributed by atoms with Crippen molar-refractivity contribution in [1.29, 1.82) is 0 Å². The molecule has 146 valence electrons. The van der Waals surface area contributed by atoms with Crippen LogP contribution >= 0.6 is 0 Å². The third kappa shape index (κ3) is 2.61. The molecular formula is C24H17N3O3. The third-order valence-electron chi connectivity index (χ3n) is 5.42. The highest BCUT2D eigenvalue weighted by molar-refractivity contribution is 6.08. The lowest BCUT2D eigenvalue weighted by molar-refractivity contribution is 0.0973. The average molecular weight is 395 g/mol. The fourth-order valence-electron chi connectivity index (χ4n) is 3.99. The number of Topliss-reactive ketones (excluding diaryl/α,β-unsaturated/α-hetero) is 1. The molecule has 5 aromatic rings. The molecule has 0 amide bonds. The van der Waals surface area contributed by atoms with Gasteiger partial charge in [0, 0.05) is 10.9 Å². The summed E-state index contributed by atoms with van der Waals surface area (Å²) in [5, 5.41) is 0.987. The quantitative estimate of drug-likeness (QED) is 0.424. The Morgan fingerprint density at radius 1 is 0.867 bits per heavy atom. The summed E-state index contributed by atoms with van der Waals surface area (Å²) in [6.07, 6.45) is 0. The number of carbonyl (C=O) groups is 1. The van der Waals surface area contributed by atoms with E-state index >= 15 is 0 Å². The lowest BCUT2D eigenvalue weighted by atomic mass is 10.1. The molecular weight excluding hydrogens is 378 g/mol. The zero-order valence-corrected chi connectivity index (χ0v) is 16.0. The molecule has 1 aliphatic heterocycles. The second-order valence-corrected chi connectivity index (χ2v) is 7.27. The van der Waals surface area contributed by atoms with Crippen LogP contribution in [-0.4, -0.2) is 33.5 Å². The fourth-order valence-corrected chi connectivity index (χ4v) is 3.99. The van der Waals surface area contributed by atoms with Gasteiger partial charge in [-0.05, 0) is 36.4 Å². The SMILES string of the molecule is O=C(Cn1c2ccccc2c2nc3ccccc3nc21)c1ccc2c(c1)OCCO2. The number of ether oxygens (including phenoxy) is 2. The zero-order valence-electron chi connectivity index (χ0n) is 16.0. The molecule has 0 fully saturated rings. The van der Waals surface area contributed by atoms with Gasteiger partial charge in [-0.1, -0.05) is 30.3 Å². The van der Waals surface area contributed by atoms with E-state index in [0.717, 1.165) is 27.5 Å². The first-order chi connectivity index (χ1) is 14.8. The molecule has 0 radical (unpaired) electrons. The minimum atomic E-state index is -0.0235. The van der Waals surface area contributed by atoms with E-state index in [9.17, 15) is 4.79 Å². The molecule has 0 saturated carbocycles. The van der Waals surface area contributed by atoms with Crippen LogP contribution in [0.5, 0.6) is 11.5 Å². The second kappa shape index (κ2) is 6.56. The van der Waals surface area contributed by atoms with E-state index in [2.05, 4.69) is 0 Å². The third-order valence-corrected chi connectivity index (χ3v) is 5.42. The van der Waals surface area contributed by atoms with E-state index in [4.69, 9.17) is 19.4 Å². The number of hydrogen-bond donors (Lipinski definition) is 0. The van der Waals surface area contributed by atoms with Crippen molar-refractivity contribution in [2.75, 3.05) is 13.2 Å². The van der Waals surface area contributed by atoms with Crippen LogP contribution in [-0.2, 0) is 6.54 Å². The van der Waals surface area contributed by atoms with E-state index in [0.29, 0.717) is 35.9 Å². The van der Waals surface area contributed by atoms with Gasteiger partial charge in [-0.2, -0.15) is 0 Å². The summed E-state index contributed by atoms with van der Waals surface area (Å²) in [5.41, 5.74) is 4.68. The largest absolute Gasteiger partial charge is 0.486 e. The predicted octanol–water partition coefficient (Wildman–Crippen LogP) is 4.39. The predicted molar refractivity (Wildman–Crippen MR) is 114 cm³/mol. The molecule has 6 nitrogen and oxygen atoms in total. The van der Waals surface area contributed by atoms with E-state index < -0.39 is 0 Å². The number of benzene rings is 3. The maximum Gasteiger partial charge on any atom is 0.182 e. The Hall–Kier alpha value is -3.93. The maximum absolute atomic E-state index is 13.2. The molecule has 2 aromatic heterocycles. The van der Waals surface area contributed by atoms with Crippen molar-refractivity contribution >= 4 is 38.9 Å². The minimum Gasteiger partial charge on any atom is -0.486 e. The molecule has 3 heterocycles. The van der Waals surface area contributed by atoms with Gasteiger partial charge >= 0.3 is 0 Å². The number of carbonyl (C=O) groups excluding carboxylic acids is 1. The van der Waals surface area contributed by atoms with Gasteiger partial charge in [0.15, 0.2) is 22.9 Å². The summed E-state index contributed by atoms with van der Waals surface area (Å²) < 4.78 is 13.1. The Morgan fingerprint density at radius 3 is 2.47 bits per heavy atom. The van der Waals surface area contributed by atoms with Gasteiger partial charge in [-0.25, -0.2) is 9.97 Å². The van der Waals surface area contributed by atoms with Gasteiger partial charge in [0.2, 0.25) is 0 Å². The van der Waals surface area contributed by atoms with Crippen LogP contribution in [0.2, 0.25) is 0 Å². The van der Waals surface area contributed by atoms with Crippen molar-refractivity contribution in [3.63, 3.8) is 0 Å². The van der Waals surface area contributed by atoms with Gasteiger partial charge in [0.1, 0.15) is 18.7 Å². The molecule has 0 saturated heterocycles. The molecule has 6 heteroatoms. The number of nitrogens with zero attached hydrogens (tertiary/aromatic N) is 3. The van der Waals surface area contributed by atoms with E-state index in [1.807, 2.05) is 53.1 Å². The molecule has 3 aromatic carbocycles. The molecule has 0 bridgehead atoms. The fraction of sp³-hybridized carbons (Fsp3) is 0.125. The van der Waals surface area contributed by atoms with Crippen LogP contribution < -0.4 is 9.47 Å². The van der Waals surface area contributed by atoms with Crippen LogP contribution in [0.4, 0.5) is 0 Å². The standard InChI is InChI=1S/C24H17N3O3/c28-20(15-9-10-21-22(13-15)30-12-11-29-21)14-27-19-8-4-1-5-16(19)23-24(27)26-18-7-3-2-6-17(18)25-23/h1-10,13H,11-12,14H2. The maximum atomic E-state index is 13.2. The number of para-hydroxylation sites is 3. The minimum absolute atomic E-state index is 0.0235. The highest BCUT2D eigenvalue weighted by atomic mass is 16.6. The highest BCUT2D eigenvalue weighted by Crippen LogP contribution is 2.32. The first-order valence-corrected chi connectivity index (χ1v) is 9.84. The van der Waals surface area contributed by atoms with E-state index in [1.54, 1.807) is 18.2 Å². The first-order valence-electron chi connectivity index (χ1n) is 9.84. The Bertz CT molecular complexity index is 1450.